The quantitative estimate of drug-likeness (QED) is 0.288. The van der Waals surface area contributed by atoms with Gasteiger partial charge in [0.1, 0.15) is 10.0 Å². The highest BCUT2D eigenvalue weighted by atomic mass is 32.2. The molecule has 1 N–H and O–H groups in total. The molecule has 0 bridgehead atoms. The monoisotopic (exact) mass is 565 g/mol. The molecule has 0 unspecified atom stereocenters. The number of thiophene rings is 1. The number of nitrogens with zero attached hydrogens (tertiary/aromatic N) is 2. The Kier molecular flexibility index (Phi) is 6.88. The maximum atomic E-state index is 13.5. The molecule has 0 spiro atoms. The number of carbonyl (C=O) groups excluding carboxylic acids is 1. The minimum atomic E-state index is -3.68. The fraction of sp³-hybridized carbons (Fsp3) is 0.379. The van der Waals surface area contributed by atoms with E-state index in [0.717, 1.165) is 57.9 Å². The standard InChI is InChI=1S/C29H31N3O3S3/c1-18-14-19(2)17-32(16-18)38(34,35)21-9-7-8-20(15-21)27(33)31-29-26(22-10-3-5-12-24(22)36-29)28-30-23-11-4-6-13-25(23)37-28/h4,6-9,11,13,15,18-19H,3,5,10,12,14,16-17H2,1-2H3,(H,31,33)/t18-,19+. The Bertz CT molecular complexity index is 1580. The van der Waals surface area contributed by atoms with Gasteiger partial charge in [-0.2, -0.15) is 4.31 Å². The first-order valence-corrected chi connectivity index (χ1v) is 16.3. The number of anilines is 1. The number of carbonyl (C=O) groups is 1. The molecule has 6 rings (SSSR count). The number of hydrogen-bond acceptors (Lipinski definition) is 6. The molecule has 0 saturated carbocycles. The second-order valence-corrected chi connectivity index (χ2v) is 14.7. The van der Waals surface area contributed by atoms with Crippen LogP contribution >= 0.6 is 22.7 Å². The Hall–Kier alpha value is -2.59. The van der Waals surface area contributed by atoms with E-state index in [1.54, 1.807) is 45.2 Å². The van der Waals surface area contributed by atoms with Crippen LogP contribution in [0.5, 0.6) is 0 Å². The van der Waals surface area contributed by atoms with Gasteiger partial charge in [0.05, 0.1) is 15.1 Å². The average molecular weight is 566 g/mol. The van der Waals surface area contributed by atoms with E-state index in [4.69, 9.17) is 4.98 Å². The molecule has 3 heterocycles. The fourth-order valence-electron chi connectivity index (χ4n) is 5.78. The molecule has 1 aliphatic carbocycles. The molecule has 9 heteroatoms. The van der Waals surface area contributed by atoms with Gasteiger partial charge in [-0.05, 0) is 79.8 Å². The first kappa shape index (κ1) is 25.7. The zero-order valence-corrected chi connectivity index (χ0v) is 24.0. The van der Waals surface area contributed by atoms with Crippen molar-refractivity contribution in [3.05, 3.63) is 64.5 Å². The highest BCUT2D eigenvalue weighted by molar-refractivity contribution is 7.89. The molecule has 6 nitrogen and oxygen atoms in total. The number of amides is 1. The molecular formula is C29H31N3O3S3. The lowest BCUT2D eigenvalue weighted by molar-refractivity contribution is 0.102. The lowest BCUT2D eigenvalue weighted by Gasteiger charge is -2.34. The molecule has 1 fully saturated rings. The number of aromatic nitrogens is 1. The van der Waals surface area contributed by atoms with Crippen molar-refractivity contribution in [2.24, 2.45) is 11.8 Å². The Morgan fingerprint density at radius 3 is 2.55 bits per heavy atom. The minimum absolute atomic E-state index is 0.170. The van der Waals surface area contributed by atoms with Crippen LogP contribution < -0.4 is 5.32 Å². The van der Waals surface area contributed by atoms with Crippen LogP contribution in [-0.4, -0.2) is 36.7 Å². The normalized spacial score (nSPS) is 20.4. The summed E-state index contributed by atoms with van der Waals surface area (Å²) in [6.07, 6.45) is 5.29. The van der Waals surface area contributed by atoms with Crippen molar-refractivity contribution in [1.29, 1.82) is 0 Å². The summed E-state index contributed by atoms with van der Waals surface area (Å²) in [7, 11) is -3.68. The number of sulfonamides is 1. The van der Waals surface area contributed by atoms with Crippen LogP contribution in [-0.2, 0) is 22.9 Å². The van der Waals surface area contributed by atoms with E-state index >= 15 is 0 Å². The summed E-state index contributed by atoms with van der Waals surface area (Å²) in [5.41, 5.74) is 3.62. The second kappa shape index (κ2) is 10.2. The first-order chi connectivity index (χ1) is 18.3. The van der Waals surface area contributed by atoms with Gasteiger partial charge in [-0.3, -0.25) is 4.79 Å². The van der Waals surface area contributed by atoms with Crippen LogP contribution in [0.4, 0.5) is 5.00 Å². The van der Waals surface area contributed by atoms with Gasteiger partial charge in [-0.25, -0.2) is 13.4 Å². The number of thiazole rings is 1. The molecule has 2 atom stereocenters. The summed E-state index contributed by atoms with van der Waals surface area (Å²) in [6.45, 7) is 5.20. The number of benzene rings is 2. The summed E-state index contributed by atoms with van der Waals surface area (Å²) in [5, 5.41) is 4.86. The Morgan fingerprint density at radius 2 is 1.76 bits per heavy atom. The van der Waals surface area contributed by atoms with Gasteiger partial charge in [0, 0.05) is 29.1 Å². The van der Waals surface area contributed by atoms with Gasteiger partial charge < -0.3 is 5.32 Å². The van der Waals surface area contributed by atoms with Gasteiger partial charge >= 0.3 is 0 Å². The van der Waals surface area contributed by atoms with Gasteiger partial charge in [-0.1, -0.05) is 32.0 Å². The van der Waals surface area contributed by atoms with E-state index < -0.39 is 10.0 Å². The number of fused-ring (bicyclic) bond motifs is 2. The lowest BCUT2D eigenvalue weighted by atomic mass is 9.94. The van der Waals surface area contributed by atoms with Crippen molar-refractivity contribution < 1.29 is 13.2 Å². The second-order valence-electron chi connectivity index (χ2n) is 10.7. The number of para-hydroxylation sites is 1. The Morgan fingerprint density at radius 1 is 1.00 bits per heavy atom. The Balaban J connectivity index is 1.32. The van der Waals surface area contributed by atoms with E-state index in [1.165, 1.54) is 16.5 Å². The maximum Gasteiger partial charge on any atom is 0.256 e. The average Bonchev–Trinajstić information content (AvgIpc) is 3.48. The van der Waals surface area contributed by atoms with Crippen molar-refractivity contribution in [1.82, 2.24) is 9.29 Å². The molecule has 1 aliphatic heterocycles. The van der Waals surface area contributed by atoms with Crippen molar-refractivity contribution in [3.63, 3.8) is 0 Å². The van der Waals surface area contributed by atoms with E-state index in [0.29, 0.717) is 30.5 Å². The molecule has 1 amide bonds. The molecule has 2 aliphatic rings. The molecular weight excluding hydrogens is 535 g/mol. The first-order valence-electron chi connectivity index (χ1n) is 13.2. The third-order valence-corrected chi connectivity index (χ3v) is 11.6. The summed E-state index contributed by atoms with van der Waals surface area (Å²) in [6, 6.07) is 14.5. The molecule has 2 aromatic heterocycles. The zero-order chi connectivity index (χ0) is 26.4. The van der Waals surface area contributed by atoms with Crippen molar-refractivity contribution in [3.8, 4) is 10.6 Å². The largest absolute Gasteiger partial charge is 0.313 e. The van der Waals surface area contributed by atoms with Crippen molar-refractivity contribution >= 4 is 53.8 Å². The SMILES string of the molecule is C[C@@H]1C[C@H](C)CN(S(=O)(=O)c2cccc(C(=O)Nc3sc4c(c3-c3nc5ccccc5s3)CCCC4)c2)C1. The van der Waals surface area contributed by atoms with Crippen molar-refractivity contribution in [2.75, 3.05) is 18.4 Å². The van der Waals surface area contributed by atoms with Gasteiger partial charge in [0.15, 0.2) is 0 Å². The van der Waals surface area contributed by atoms with Crippen LogP contribution in [0.2, 0.25) is 0 Å². The lowest BCUT2D eigenvalue weighted by Crippen LogP contribution is -2.42. The van der Waals surface area contributed by atoms with Crippen LogP contribution in [0.1, 0.15) is 53.9 Å². The number of nitrogens with one attached hydrogen (secondary N) is 1. The van der Waals surface area contributed by atoms with E-state index in [2.05, 4.69) is 25.2 Å². The number of rotatable bonds is 5. The predicted molar refractivity (Wildman–Crippen MR) is 156 cm³/mol. The van der Waals surface area contributed by atoms with Gasteiger partial charge in [0.25, 0.3) is 5.91 Å². The Labute approximate surface area is 231 Å². The number of aryl methyl sites for hydroxylation is 1. The van der Waals surface area contributed by atoms with Crippen LogP contribution in [0.25, 0.3) is 20.8 Å². The smallest absolute Gasteiger partial charge is 0.256 e. The third kappa shape index (κ3) is 4.81. The highest BCUT2D eigenvalue weighted by Crippen LogP contribution is 2.46. The minimum Gasteiger partial charge on any atom is -0.313 e. The topological polar surface area (TPSA) is 79.4 Å². The predicted octanol–water partition coefficient (Wildman–Crippen LogP) is 6.82. The zero-order valence-electron chi connectivity index (χ0n) is 21.6. The van der Waals surface area contributed by atoms with Crippen molar-refractivity contribution in [2.45, 2.75) is 50.8 Å². The van der Waals surface area contributed by atoms with E-state index in [1.807, 2.05) is 18.2 Å². The van der Waals surface area contributed by atoms with E-state index in [9.17, 15) is 13.2 Å². The van der Waals surface area contributed by atoms with Crippen LogP contribution in [0.3, 0.4) is 0 Å². The maximum absolute atomic E-state index is 13.5. The fourth-order valence-corrected chi connectivity index (χ4v) is 9.90. The van der Waals surface area contributed by atoms with Gasteiger partial charge in [0.2, 0.25) is 10.0 Å². The number of hydrogen-bond donors (Lipinski definition) is 1. The van der Waals surface area contributed by atoms with E-state index in [-0.39, 0.29) is 10.8 Å². The molecule has 198 valence electrons. The third-order valence-electron chi connectivity index (χ3n) is 7.48. The molecule has 4 aromatic rings. The highest BCUT2D eigenvalue weighted by Gasteiger charge is 2.32. The summed E-state index contributed by atoms with van der Waals surface area (Å²) >= 11 is 3.28. The van der Waals surface area contributed by atoms with Gasteiger partial charge in [-0.15, -0.1) is 22.7 Å². The summed E-state index contributed by atoms with van der Waals surface area (Å²) in [5.74, 6) is 0.319. The van der Waals surface area contributed by atoms with Crippen LogP contribution in [0.15, 0.2) is 53.4 Å². The molecule has 38 heavy (non-hydrogen) atoms. The summed E-state index contributed by atoms with van der Waals surface area (Å²) in [4.78, 5) is 19.9. The molecule has 0 radical (unpaired) electrons. The summed E-state index contributed by atoms with van der Waals surface area (Å²) < 4.78 is 29.6. The molecule has 2 aromatic carbocycles. The number of piperidine rings is 1. The molecule has 1 saturated heterocycles. The van der Waals surface area contributed by atoms with Crippen LogP contribution in [0, 0.1) is 11.8 Å².